The van der Waals surface area contributed by atoms with Crippen LogP contribution in [-0.4, -0.2) is 57.6 Å². The van der Waals surface area contributed by atoms with Crippen molar-refractivity contribution in [3.8, 4) is 0 Å². The molecule has 3 aromatic rings. The van der Waals surface area contributed by atoms with E-state index in [1.807, 2.05) is 25.1 Å². The van der Waals surface area contributed by atoms with Gasteiger partial charge in [0.1, 0.15) is 5.52 Å². The minimum Gasteiger partial charge on any atom is -0.308 e. The number of halogens is 2. The molecular weight excluding hydrogens is 461 g/mol. The number of amides is 1. The maximum absolute atomic E-state index is 13.0. The van der Waals surface area contributed by atoms with Crippen molar-refractivity contribution in [3.05, 3.63) is 39.5 Å². The third kappa shape index (κ3) is 5.03. The predicted molar refractivity (Wildman–Crippen MR) is 120 cm³/mol. The van der Waals surface area contributed by atoms with Crippen LogP contribution in [0.2, 0.25) is 4.34 Å². The maximum Gasteiger partial charge on any atom is 0.270 e. The van der Waals surface area contributed by atoms with Gasteiger partial charge in [0.15, 0.2) is 15.0 Å². The second kappa shape index (κ2) is 9.06. The number of sulfone groups is 1. The van der Waals surface area contributed by atoms with Gasteiger partial charge in [0, 0.05) is 19.3 Å². The van der Waals surface area contributed by atoms with Gasteiger partial charge in [-0.2, -0.15) is 0 Å². The molecule has 1 amide bonds. The summed E-state index contributed by atoms with van der Waals surface area (Å²) in [6.07, 6.45) is 1.16. The second-order valence-corrected chi connectivity index (χ2v) is 10.9. The van der Waals surface area contributed by atoms with Crippen LogP contribution in [0, 0.1) is 0 Å². The molecule has 0 unspecified atom stereocenters. The molecule has 2 heterocycles. The van der Waals surface area contributed by atoms with Crippen molar-refractivity contribution in [1.82, 2.24) is 9.88 Å². The minimum absolute atomic E-state index is 0. The summed E-state index contributed by atoms with van der Waals surface area (Å²) < 4.78 is 25.4. The number of aromatic nitrogens is 1. The normalized spacial score (nSPS) is 11.6. The summed E-state index contributed by atoms with van der Waals surface area (Å²) in [6, 6.07) is 8.40. The molecule has 1 aromatic carbocycles. The Labute approximate surface area is 183 Å². The lowest BCUT2D eigenvalue weighted by molar-refractivity contribution is 0.0989. The van der Waals surface area contributed by atoms with E-state index < -0.39 is 9.84 Å². The van der Waals surface area contributed by atoms with Crippen LogP contribution in [0.3, 0.4) is 0 Å². The fraction of sp³-hybridized carbons (Fsp3) is 0.294. The summed E-state index contributed by atoms with van der Waals surface area (Å²) in [5.74, 6) is -0.200. The Morgan fingerprint density at radius 2 is 1.86 bits per heavy atom. The molecule has 6 nitrogen and oxygen atoms in total. The van der Waals surface area contributed by atoms with E-state index in [4.69, 9.17) is 11.6 Å². The molecule has 0 N–H and O–H groups in total. The first-order valence-corrected chi connectivity index (χ1v) is 11.9. The van der Waals surface area contributed by atoms with Gasteiger partial charge in [-0.3, -0.25) is 9.69 Å². The Bertz CT molecular complexity index is 1090. The van der Waals surface area contributed by atoms with Crippen molar-refractivity contribution in [3.63, 3.8) is 0 Å². The Hall–Kier alpha value is -1.23. The number of anilines is 1. The second-order valence-electron chi connectivity index (χ2n) is 6.24. The summed E-state index contributed by atoms with van der Waals surface area (Å²) in [5.41, 5.74) is 0.395. The third-order valence-corrected chi connectivity index (χ3v) is 7.19. The quantitative estimate of drug-likeness (QED) is 0.533. The number of thiazole rings is 1. The summed E-state index contributed by atoms with van der Waals surface area (Å²) in [6.45, 7) is 1.06. The van der Waals surface area contributed by atoms with Crippen molar-refractivity contribution in [2.75, 3.05) is 38.3 Å². The van der Waals surface area contributed by atoms with Gasteiger partial charge in [-0.15, -0.1) is 23.7 Å². The molecule has 0 radical (unpaired) electrons. The van der Waals surface area contributed by atoms with E-state index in [1.54, 1.807) is 23.1 Å². The predicted octanol–water partition coefficient (Wildman–Crippen LogP) is 4.04. The Morgan fingerprint density at radius 3 is 2.43 bits per heavy atom. The number of likely N-dealkylation sites (N-methyl/N-ethyl adjacent to an activating group) is 1. The summed E-state index contributed by atoms with van der Waals surface area (Å²) >= 11 is 8.49. The van der Waals surface area contributed by atoms with Crippen LogP contribution in [0.1, 0.15) is 9.67 Å². The number of benzene rings is 1. The zero-order chi connectivity index (χ0) is 19.8. The van der Waals surface area contributed by atoms with Crippen LogP contribution in [0.25, 0.3) is 10.2 Å². The molecule has 11 heteroatoms. The van der Waals surface area contributed by atoms with Gasteiger partial charge in [-0.25, -0.2) is 13.4 Å². The number of rotatable bonds is 6. The van der Waals surface area contributed by atoms with E-state index >= 15 is 0 Å². The third-order valence-electron chi connectivity index (χ3n) is 3.80. The highest BCUT2D eigenvalue weighted by Gasteiger charge is 2.24. The topological polar surface area (TPSA) is 70.6 Å². The number of nitrogens with zero attached hydrogens (tertiary/aromatic N) is 3. The van der Waals surface area contributed by atoms with E-state index in [2.05, 4.69) is 4.98 Å². The molecule has 0 spiro atoms. The first-order chi connectivity index (χ1) is 12.7. The Kier molecular flexibility index (Phi) is 7.46. The average molecular weight is 480 g/mol. The van der Waals surface area contributed by atoms with Crippen molar-refractivity contribution in [2.24, 2.45) is 0 Å². The fourth-order valence-corrected chi connectivity index (χ4v) is 5.38. The van der Waals surface area contributed by atoms with Crippen LogP contribution >= 0.6 is 46.7 Å². The van der Waals surface area contributed by atoms with E-state index in [0.29, 0.717) is 33.0 Å². The number of fused-ring (bicyclic) bond motifs is 1. The van der Waals surface area contributed by atoms with Gasteiger partial charge in [-0.1, -0.05) is 29.0 Å². The maximum atomic E-state index is 13.0. The lowest BCUT2D eigenvalue weighted by Gasteiger charge is -2.21. The Balaban J connectivity index is 0.00000280. The highest BCUT2D eigenvalue weighted by atomic mass is 35.5. The molecule has 3 rings (SSSR count). The molecule has 0 bridgehead atoms. The molecule has 0 fully saturated rings. The zero-order valence-electron chi connectivity index (χ0n) is 15.4. The lowest BCUT2D eigenvalue weighted by Crippen LogP contribution is -2.36. The van der Waals surface area contributed by atoms with Crippen LogP contribution in [0.15, 0.2) is 35.2 Å². The van der Waals surface area contributed by atoms with E-state index in [-0.39, 0.29) is 23.2 Å². The highest BCUT2D eigenvalue weighted by molar-refractivity contribution is 7.91. The van der Waals surface area contributed by atoms with Gasteiger partial charge in [-0.05, 0) is 38.4 Å². The molecular formula is C17H19Cl2N3O3S3. The molecule has 0 aliphatic rings. The van der Waals surface area contributed by atoms with Crippen LogP contribution in [0.4, 0.5) is 5.13 Å². The van der Waals surface area contributed by atoms with Crippen LogP contribution in [0.5, 0.6) is 0 Å². The monoisotopic (exact) mass is 479 g/mol. The number of carbonyl (C=O) groups is 1. The zero-order valence-corrected chi connectivity index (χ0v) is 19.4. The number of hydrogen-bond donors (Lipinski definition) is 0. The summed E-state index contributed by atoms with van der Waals surface area (Å²) in [5, 5.41) is 0.470. The minimum atomic E-state index is -3.42. The smallest absolute Gasteiger partial charge is 0.270 e. The largest absolute Gasteiger partial charge is 0.308 e. The Morgan fingerprint density at radius 1 is 1.14 bits per heavy atom. The van der Waals surface area contributed by atoms with Crippen molar-refractivity contribution >= 4 is 77.8 Å². The number of para-hydroxylation sites is 1. The van der Waals surface area contributed by atoms with Crippen LogP contribution in [-0.2, 0) is 9.84 Å². The first kappa shape index (κ1) is 23.1. The summed E-state index contributed by atoms with van der Waals surface area (Å²) in [4.78, 5) is 21.8. The molecule has 0 saturated heterocycles. The van der Waals surface area contributed by atoms with Crippen molar-refractivity contribution in [1.29, 1.82) is 0 Å². The van der Waals surface area contributed by atoms with Crippen molar-refractivity contribution in [2.45, 2.75) is 4.90 Å². The van der Waals surface area contributed by atoms with Crippen molar-refractivity contribution < 1.29 is 13.2 Å². The van der Waals surface area contributed by atoms with Gasteiger partial charge >= 0.3 is 0 Å². The molecule has 0 aliphatic heterocycles. The van der Waals surface area contributed by atoms with Gasteiger partial charge in [0.05, 0.1) is 18.8 Å². The molecule has 0 atom stereocenters. The highest BCUT2D eigenvalue weighted by Crippen LogP contribution is 2.34. The van der Waals surface area contributed by atoms with E-state index in [0.717, 1.165) is 11.0 Å². The van der Waals surface area contributed by atoms with Gasteiger partial charge in [0.2, 0.25) is 0 Å². The van der Waals surface area contributed by atoms with E-state index in [9.17, 15) is 13.2 Å². The fourth-order valence-electron chi connectivity index (χ4n) is 2.47. The molecule has 2 aromatic heterocycles. The van der Waals surface area contributed by atoms with E-state index in [1.165, 1.54) is 28.7 Å². The average Bonchev–Trinajstić information content (AvgIpc) is 3.19. The standard InChI is InChI=1S/C17H18ClN3O3S3.ClH/c1-20(2)9-10-21(16(22)12-7-8-14(18)25-12)17-19-15-11(26-17)5-4-6-13(15)27(3,23)24;/h4-8H,9-10H2,1-3H3;1H. The van der Waals surface area contributed by atoms with Crippen LogP contribution < -0.4 is 4.90 Å². The molecule has 28 heavy (non-hydrogen) atoms. The number of hydrogen-bond acceptors (Lipinski definition) is 7. The molecule has 0 saturated carbocycles. The lowest BCUT2D eigenvalue weighted by atomic mass is 10.3. The molecule has 0 aliphatic carbocycles. The first-order valence-electron chi connectivity index (χ1n) is 7.98. The SMILES string of the molecule is CN(C)CCN(C(=O)c1ccc(Cl)s1)c1nc2c(S(C)(=O)=O)cccc2s1.Cl. The number of carbonyl (C=O) groups excluding carboxylic acids is 1. The van der Waals surface area contributed by atoms with Gasteiger partial charge < -0.3 is 4.90 Å². The summed E-state index contributed by atoms with van der Waals surface area (Å²) in [7, 11) is 0.423. The van der Waals surface area contributed by atoms with Gasteiger partial charge in [0.25, 0.3) is 5.91 Å². The molecule has 152 valence electrons. The number of thiophene rings is 1.